The highest BCUT2D eigenvalue weighted by Crippen LogP contribution is 2.21. The van der Waals surface area contributed by atoms with Gasteiger partial charge in [-0.25, -0.2) is 4.79 Å². The lowest BCUT2D eigenvalue weighted by Gasteiger charge is -2.35. The van der Waals surface area contributed by atoms with Crippen LogP contribution in [0.15, 0.2) is 0 Å². The molecule has 16 heavy (non-hydrogen) atoms. The maximum Gasteiger partial charge on any atom is 0.410 e. The van der Waals surface area contributed by atoms with Crippen LogP contribution in [0, 0.1) is 0 Å². The summed E-state index contributed by atoms with van der Waals surface area (Å²) >= 11 is 0. The van der Waals surface area contributed by atoms with Gasteiger partial charge in [0.1, 0.15) is 5.60 Å². The summed E-state index contributed by atoms with van der Waals surface area (Å²) in [5.41, 5.74) is -0.482. The fraction of sp³-hybridized carbons (Fsp3) is 0.833. The van der Waals surface area contributed by atoms with Gasteiger partial charge in [0, 0.05) is 19.0 Å². The monoisotopic (exact) mass is 226 g/mol. The Morgan fingerprint density at radius 3 is 2.69 bits per heavy atom. The third-order valence-electron chi connectivity index (χ3n) is 2.57. The van der Waals surface area contributed by atoms with E-state index in [0.717, 1.165) is 19.3 Å². The van der Waals surface area contributed by atoms with E-state index in [9.17, 15) is 9.59 Å². The van der Waals surface area contributed by atoms with E-state index in [0.29, 0.717) is 13.0 Å². The number of nitrogens with zero attached hydrogens (tertiary/aromatic N) is 1. The van der Waals surface area contributed by atoms with Crippen LogP contribution in [0.2, 0.25) is 0 Å². The molecule has 1 rings (SSSR count). The Morgan fingerprint density at radius 2 is 2.12 bits per heavy atom. The quantitative estimate of drug-likeness (QED) is 0.725. The highest BCUT2D eigenvalue weighted by molar-refractivity contribution is 5.69. The molecule has 0 saturated carbocycles. The fourth-order valence-electron chi connectivity index (χ4n) is 1.87. The van der Waals surface area contributed by atoms with Gasteiger partial charge in [0.15, 0.2) is 0 Å². The Morgan fingerprint density at radius 1 is 1.44 bits per heavy atom. The number of hydrogen-bond acceptors (Lipinski definition) is 3. The summed E-state index contributed by atoms with van der Waals surface area (Å²) in [6.07, 6.45) is 4.78. The van der Waals surface area contributed by atoms with Gasteiger partial charge in [-0.3, -0.25) is 4.79 Å². The van der Waals surface area contributed by atoms with Crippen molar-refractivity contribution < 1.29 is 14.3 Å². The van der Waals surface area contributed by atoms with E-state index in [4.69, 9.17) is 4.74 Å². The molecule has 1 atom stereocenters. The molecule has 1 unspecified atom stereocenters. The molecule has 0 aromatic rings. The molecule has 0 aromatic carbocycles. The molecule has 1 fully saturated rings. The molecular weight excluding hydrogens is 206 g/mol. The number of amides is 1. The lowest BCUT2D eigenvalue weighted by atomic mass is 10.0. The standard InChI is InChI=1S/C12H20NO3/c1-12(2,3)16-11(15)13-8-5-4-6-10(13)7-9-14/h10H,4-8H2,1-3H3. The fourth-order valence-corrected chi connectivity index (χ4v) is 1.87. The highest BCUT2D eigenvalue weighted by atomic mass is 16.6. The van der Waals surface area contributed by atoms with Crippen LogP contribution >= 0.6 is 0 Å². The Kier molecular flexibility index (Phi) is 4.33. The number of carbonyl (C=O) groups excluding carboxylic acids is 2. The minimum absolute atomic E-state index is 0.0268. The molecule has 1 radical (unpaired) electrons. The zero-order valence-electron chi connectivity index (χ0n) is 10.3. The van der Waals surface area contributed by atoms with Gasteiger partial charge in [0.05, 0.1) is 0 Å². The van der Waals surface area contributed by atoms with Crippen molar-refractivity contribution in [3.8, 4) is 0 Å². The first-order valence-corrected chi connectivity index (χ1v) is 5.78. The van der Waals surface area contributed by atoms with Gasteiger partial charge in [0.25, 0.3) is 0 Å². The van der Waals surface area contributed by atoms with Crippen LogP contribution in [0.25, 0.3) is 0 Å². The lowest BCUT2D eigenvalue weighted by Crippen LogP contribution is -2.46. The van der Waals surface area contributed by atoms with E-state index < -0.39 is 5.60 Å². The van der Waals surface area contributed by atoms with Gasteiger partial charge in [0.2, 0.25) is 6.29 Å². The first-order valence-electron chi connectivity index (χ1n) is 5.78. The van der Waals surface area contributed by atoms with Crippen molar-refractivity contribution in [2.75, 3.05) is 6.54 Å². The number of ether oxygens (including phenoxy) is 1. The average Bonchev–Trinajstić information content (AvgIpc) is 2.16. The van der Waals surface area contributed by atoms with Gasteiger partial charge in [-0.2, -0.15) is 0 Å². The molecule has 0 aromatic heterocycles. The first-order chi connectivity index (χ1) is 7.44. The topological polar surface area (TPSA) is 46.6 Å². The predicted octanol–water partition coefficient (Wildman–Crippen LogP) is 2.28. The third kappa shape index (κ3) is 3.83. The second kappa shape index (κ2) is 5.32. The number of carbonyl (C=O) groups is 1. The summed E-state index contributed by atoms with van der Waals surface area (Å²) in [7, 11) is 0. The summed E-state index contributed by atoms with van der Waals surface area (Å²) in [5, 5.41) is 0. The summed E-state index contributed by atoms with van der Waals surface area (Å²) in [6, 6.07) is -0.0268. The van der Waals surface area contributed by atoms with E-state index >= 15 is 0 Å². The minimum Gasteiger partial charge on any atom is -0.444 e. The zero-order chi connectivity index (χ0) is 12.2. The van der Waals surface area contributed by atoms with Crippen LogP contribution in [0.3, 0.4) is 0 Å². The van der Waals surface area contributed by atoms with Crippen LogP contribution in [0.5, 0.6) is 0 Å². The molecule has 1 aliphatic heterocycles. The SMILES string of the molecule is CC(C)(C)OC(=O)N1CCCCC1C[C]=O. The predicted molar refractivity (Wildman–Crippen MR) is 60.9 cm³/mol. The summed E-state index contributed by atoms with van der Waals surface area (Å²) in [4.78, 5) is 24.0. The Bertz CT molecular complexity index is 257. The third-order valence-corrected chi connectivity index (χ3v) is 2.57. The van der Waals surface area contributed by atoms with Gasteiger partial charge in [-0.1, -0.05) is 0 Å². The van der Waals surface area contributed by atoms with E-state index in [1.807, 2.05) is 27.1 Å². The van der Waals surface area contributed by atoms with Crippen molar-refractivity contribution in [1.29, 1.82) is 0 Å². The molecule has 1 heterocycles. The maximum absolute atomic E-state index is 11.9. The molecule has 91 valence electrons. The molecule has 4 nitrogen and oxygen atoms in total. The van der Waals surface area contributed by atoms with Crippen molar-refractivity contribution in [2.45, 2.75) is 58.1 Å². The van der Waals surface area contributed by atoms with Crippen LogP contribution in [0.1, 0.15) is 46.5 Å². The summed E-state index contributed by atoms with van der Waals surface area (Å²) in [6.45, 7) is 6.21. The normalized spacial score (nSPS) is 21.7. The second-order valence-corrected chi connectivity index (χ2v) is 5.17. The number of hydrogen-bond donors (Lipinski definition) is 0. The minimum atomic E-state index is -0.482. The Labute approximate surface area is 96.9 Å². The van der Waals surface area contributed by atoms with Gasteiger partial charge < -0.3 is 9.64 Å². The molecular formula is C12H20NO3. The molecule has 1 aliphatic rings. The van der Waals surface area contributed by atoms with Crippen molar-refractivity contribution in [3.05, 3.63) is 0 Å². The van der Waals surface area contributed by atoms with Crippen LogP contribution in [-0.2, 0) is 9.53 Å². The smallest absolute Gasteiger partial charge is 0.410 e. The van der Waals surface area contributed by atoms with E-state index in [1.165, 1.54) is 0 Å². The van der Waals surface area contributed by atoms with Crippen molar-refractivity contribution >= 4 is 12.4 Å². The van der Waals surface area contributed by atoms with Crippen molar-refractivity contribution in [2.24, 2.45) is 0 Å². The first kappa shape index (κ1) is 13.0. The van der Waals surface area contributed by atoms with Crippen LogP contribution < -0.4 is 0 Å². The van der Waals surface area contributed by atoms with E-state index in [1.54, 1.807) is 4.90 Å². The lowest BCUT2D eigenvalue weighted by molar-refractivity contribution is 0.0107. The molecule has 0 N–H and O–H groups in total. The number of likely N-dealkylation sites (tertiary alicyclic amines) is 1. The molecule has 1 amide bonds. The maximum atomic E-state index is 11.9. The van der Waals surface area contributed by atoms with Gasteiger partial charge >= 0.3 is 6.09 Å². The van der Waals surface area contributed by atoms with Crippen LogP contribution in [-0.4, -0.2) is 35.5 Å². The molecule has 1 saturated heterocycles. The average molecular weight is 226 g/mol. The molecule has 0 bridgehead atoms. The largest absolute Gasteiger partial charge is 0.444 e. The molecule has 4 heteroatoms. The Balaban J connectivity index is 2.60. The van der Waals surface area contributed by atoms with Crippen LogP contribution in [0.4, 0.5) is 4.79 Å². The van der Waals surface area contributed by atoms with Gasteiger partial charge in [-0.15, -0.1) is 0 Å². The summed E-state index contributed by atoms with van der Waals surface area (Å²) < 4.78 is 5.31. The second-order valence-electron chi connectivity index (χ2n) is 5.17. The zero-order valence-corrected chi connectivity index (χ0v) is 10.3. The van der Waals surface area contributed by atoms with E-state index in [-0.39, 0.29) is 12.1 Å². The Hall–Kier alpha value is -1.06. The van der Waals surface area contributed by atoms with E-state index in [2.05, 4.69) is 0 Å². The van der Waals surface area contributed by atoms with Gasteiger partial charge in [-0.05, 0) is 40.0 Å². The summed E-state index contributed by atoms with van der Waals surface area (Å²) in [5.74, 6) is 0. The van der Waals surface area contributed by atoms with Crippen molar-refractivity contribution in [1.82, 2.24) is 4.90 Å². The highest BCUT2D eigenvalue weighted by Gasteiger charge is 2.30. The molecule has 0 aliphatic carbocycles. The molecule has 0 spiro atoms. The number of piperidine rings is 1. The number of rotatable bonds is 2. The van der Waals surface area contributed by atoms with Crippen molar-refractivity contribution in [3.63, 3.8) is 0 Å².